The van der Waals surface area contributed by atoms with Crippen molar-refractivity contribution in [2.75, 3.05) is 19.5 Å². The number of hydrogen-bond donors (Lipinski definition) is 1. The first kappa shape index (κ1) is 17.5. The van der Waals surface area contributed by atoms with Crippen molar-refractivity contribution in [1.82, 2.24) is 9.78 Å². The largest absolute Gasteiger partial charge is 0.493 e. The lowest BCUT2D eigenvalue weighted by Crippen LogP contribution is -2.09. The number of carbonyl (C=O) groups excluding carboxylic acids is 1. The third-order valence-corrected chi connectivity index (χ3v) is 5.13. The van der Waals surface area contributed by atoms with Crippen LogP contribution in [0.1, 0.15) is 15.2 Å². The summed E-state index contributed by atoms with van der Waals surface area (Å²) in [6.07, 6.45) is 3.40. The molecule has 1 amide bonds. The zero-order chi connectivity index (χ0) is 17.8. The van der Waals surface area contributed by atoms with Crippen molar-refractivity contribution in [3.63, 3.8) is 0 Å². The van der Waals surface area contributed by atoms with Crippen molar-refractivity contribution in [3.8, 4) is 11.5 Å². The van der Waals surface area contributed by atoms with Gasteiger partial charge in [0.2, 0.25) is 0 Å². The van der Waals surface area contributed by atoms with Crippen LogP contribution in [0.25, 0.3) is 0 Å². The number of nitrogens with one attached hydrogen (secondary N) is 1. The van der Waals surface area contributed by atoms with E-state index in [0.29, 0.717) is 28.6 Å². The van der Waals surface area contributed by atoms with Crippen LogP contribution in [0.5, 0.6) is 11.5 Å². The molecule has 0 spiro atoms. The van der Waals surface area contributed by atoms with Gasteiger partial charge in [-0.1, -0.05) is 12.1 Å². The van der Waals surface area contributed by atoms with Crippen LogP contribution in [0.15, 0.2) is 46.5 Å². The molecular weight excluding hydrogens is 406 g/mol. The predicted molar refractivity (Wildman–Crippen MR) is 101 cm³/mol. The molecule has 2 heterocycles. The molecule has 0 aliphatic heterocycles. The summed E-state index contributed by atoms with van der Waals surface area (Å²) >= 11 is 4.73. The molecule has 2 aromatic heterocycles. The van der Waals surface area contributed by atoms with Crippen molar-refractivity contribution in [2.24, 2.45) is 0 Å². The van der Waals surface area contributed by atoms with Gasteiger partial charge in [-0.05, 0) is 34.1 Å². The first-order chi connectivity index (χ1) is 12.1. The second-order valence-electron chi connectivity index (χ2n) is 5.14. The average molecular weight is 422 g/mol. The van der Waals surface area contributed by atoms with Gasteiger partial charge >= 0.3 is 0 Å². The van der Waals surface area contributed by atoms with E-state index >= 15 is 0 Å². The summed E-state index contributed by atoms with van der Waals surface area (Å²) in [5, 5.41) is 7.13. The van der Waals surface area contributed by atoms with E-state index in [4.69, 9.17) is 9.47 Å². The zero-order valence-corrected chi connectivity index (χ0v) is 16.1. The highest BCUT2D eigenvalue weighted by Crippen LogP contribution is 2.31. The lowest BCUT2D eigenvalue weighted by Gasteiger charge is -2.12. The van der Waals surface area contributed by atoms with E-state index < -0.39 is 0 Å². The highest BCUT2D eigenvalue weighted by atomic mass is 79.9. The molecule has 3 rings (SSSR count). The van der Waals surface area contributed by atoms with Crippen LogP contribution in [-0.2, 0) is 6.54 Å². The summed E-state index contributed by atoms with van der Waals surface area (Å²) in [5.41, 5.74) is 1.57. The molecule has 0 radical (unpaired) electrons. The number of ether oxygens (including phenoxy) is 2. The molecule has 0 aliphatic rings. The van der Waals surface area contributed by atoms with Gasteiger partial charge in [-0.2, -0.15) is 5.10 Å². The number of rotatable bonds is 6. The first-order valence-corrected chi connectivity index (χ1v) is 9.00. The van der Waals surface area contributed by atoms with E-state index in [1.54, 1.807) is 37.4 Å². The van der Waals surface area contributed by atoms with Crippen molar-refractivity contribution < 1.29 is 14.3 Å². The van der Waals surface area contributed by atoms with E-state index in [2.05, 4.69) is 26.3 Å². The van der Waals surface area contributed by atoms with Gasteiger partial charge in [0.15, 0.2) is 11.5 Å². The Morgan fingerprint density at radius 1 is 1.28 bits per heavy atom. The minimum atomic E-state index is -0.158. The van der Waals surface area contributed by atoms with Crippen molar-refractivity contribution >= 4 is 38.9 Å². The lowest BCUT2D eigenvalue weighted by atomic mass is 10.2. The molecule has 0 atom stereocenters. The molecule has 0 saturated heterocycles. The minimum Gasteiger partial charge on any atom is -0.493 e. The van der Waals surface area contributed by atoms with Gasteiger partial charge in [-0.3, -0.25) is 9.48 Å². The van der Waals surface area contributed by atoms with Crippen LogP contribution < -0.4 is 14.8 Å². The lowest BCUT2D eigenvalue weighted by molar-refractivity contribution is 0.103. The number of halogens is 1. The fraction of sp³-hybridized carbons (Fsp3) is 0.176. The van der Waals surface area contributed by atoms with Crippen LogP contribution in [0.3, 0.4) is 0 Å². The molecule has 3 aromatic rings. The van der Waals surface area contributed by atoms with Gasteiger partial charge in [0, 0.05) is 11.8 Å². The number of benzene rings is 1. The summed E-state index contributed by atoms with van der Waals surface area (Å²) in [6.45, 7) is 0.501. The second-order valence-corrected chi connectivity index (χ2v) is 7.60. The van der Waals surface area contributed by atoms with Crippen LogP contribution in [-0.4, -0.2) is 29.9 Å². The summed E-state index contributed by atoms with van der Waals surface area (Å²) in [5.74, 6) is 1.19. The van der Waals surface area contributed by atoms with Crippen LogP contribution in [0.2, 0.25) is 0 Å². The van der Waals surface area contributed by atoms with Gasteiger partial charge in [-0.15, -0.1) is 11.3 Å². The van der Waals surface area contributed by atoms with E-state index in [1.807, 2.05) is 24.3 Å². The number of aromatic nitrogens is 2. The molecule has 1 aromatic carbocycles. The standard InChI is InChI=1S/C17H16BrN3O3S/c1-23-13-5-3-4-11(16(13)24-2)9-21-10-12(8-19-21)20-17(22)14-6-7-15(18)25-14/h3-8,10H,9H2,1-2H3,(H,20,22). The van der Waals surface area contributed by atoms with Crippen molar-refractivity contribution in [3.05, 3.63) is 57.0 Å². The molecular formula is C17H16BrN3O3S. The third-order valence-electron chi connectivity index (χ3n) is 3.50. The number of methoxy groups -OCH3 is 2. The molecule has 25 heavy (non-hydrogen) atoms. The van der Waals surface area contributed by atoms with E-state index in [1.165, 1.54) is 11.3 Å². The Balaban J connectivity index is 1.73. The summed E-state index contributed by atoms with van der Waals surface area (Å²) in [6, 6.07) is 9.31. The number of carbonyl (C=O) groups is 1. The maximum Gasteiger partial charge on any atom is 0.265 e. The Kier molecular flexibility index (Phi) is 5.40. The van der Waals surface area contributed by atoms with Crippen molar-refractivity contribution in [2.45, 2.75) is 6.54 Å². The molecule has 1 N–H and O–H groups in total. The molecule has 6 nitrogen and oxygen atoms in total. The maximum atomic E-state index is 12.2. The number of anilines is 1. The summed E-state index contributed by atoms with van der Waals surface area (Å²) < 4.78 is 13.4. The minimum absolute atomic E-state index is 0.158. The van der Waals surface area contributed by atoms with Gasteiger partial charge in [0.25, 0.3) is 5.91 Å². The molecule has 0 fully saturated rings. The zero-order valence-electron chi connectivity index (χ0n) is 13.7. The number of thiophene rings is 1. The maximum absolute atomic E-state index is 12.2. The SMILES string of the molecule is COc1cccc(Cn2cc(NC(=O)c3ccc(Br)s3)cn2)c1OC. The Hall–Kier alpha value is -2.32. The van der Waals surface area contributed by atoms with Crippen LogP contribution in [0.4, 0.5) is 5.69 Å². The van der Waals surface area contributed by atoms with E-state index in [9.17, 15) is 4.79 Å². The molecule has 130 valence electrons. The summed E-state index contributed by atoms with van der Waals surface area (Å²) in [4.78, 5) is 12.8. The molecule has 0 bridgehead atoms. The van der Waals surface area contributed by atoms with Crippen LogP contribution in [0, 0.1) is 0 Å². The highest BCUT2D eigenvalue weighted by molar-refractivity contribution is 9.11. The normalized spacial score (nSPS) is 10.5. The van der Waals surface area contributed by atoms with E-state index in [-0.39, 0.29) is 5.91 Å². The van der Waals surface area contributed by atoms with Crippen molar-refractivity contribution in [1.29, 1.82) is 0 Å². The number of hydrogen-bond acceptors (Lipinski definition) is 5. The van der Waals surface area contributed by atoms with E-state index in [0.717, 1.165) is 9.35 Å². The Morgan fingerprint density at radius 3 is 2.80 bits per heavy atom. The monoisotopic (exact) mass is 421 g/mol. The van der Waals surface area contributed by atoms with Gasteiger partial charge in [0.05, 0.1) is 41.3 Å². The molecule has 0 aliphatic carbocycles. The second kappa shape index (κ2) is 7.71. The van der Waals surface area contributed by atoms with Gasteiger partial charge < -0.3 is 14.8 Å². The van der Waals surface area contributed by atoms with Gasteiger partial charge in [-0.25, -0.2) is 0 Å². The highest BCUT2D eigenvalue weighted by Gasteiger charge is 2.12. The quantitative estimate of drug-likeness (QED) is 0.652. The predicted octanol–water partition coefficient (Wildman–Crippen LogP) is 4.02. The first-order valence-electron chi connectivity index (χ1n) is 7.39. The fourth-order valence-corrected chi connectivity index (χ4v) is 3.68. The topological polar surface area (TPSA) is 65.4 Å². The molecule has 0 saturated carbocycles. The Labute approximate surface area is 157 Å². The third kappa shape index (κ3) is 4.02. The number of para-hydroxylation sites is 1. The number of nitrogens with zero attached hydrogens (tertiary/aromatic N) is 2. The average Bonchev–Trinajstić information content (AvgIpc) is 3.23. The van der Waals surface area contributed by atoms with Gasteiger partial charge in [0.1, 0.15) is 0 Å². The Morgan fingerprint density at radius 2 is 2.12 bits per heavy atom. The molecule has 8 heteroatoms. The van der Waals surface area contributed by atoms with Crippen LogP contribution >= 0.6 is 27.3 Å². The summed E-state index contributed by atoms with van der Waals surface area (Å²) in [7, 11) is 3.21. The number of amides is 1. The smallest absolute Gasteiger partial charge is 0.265 e. The fourth-order valence-electron chi connectivity index (χ4n) is 2.40. The molecule has 0 unspecified atom stereocenters. The Bertz CT molecular complexity index is 891.